The number of nitrogens with one attached hydrogen (secondary N) is 1. The van der Waals surface area contributed by atoms with E-state index in [1.807, 2.05) is 18.2 Å². The lowest BCUT2D eigenvalue weighted by molar-refractivity contribution is 0.250. The first-order chi connectivity index (χ1) is 6.43. The molecule has 1 N–H and O–H groups in total. The molecule has 70 valence electrons. The van der Waals surface area contributed by atoms with E-state index in [-0.39, 0.29) is 0 Å². The Hall–Kier alpha value is -1.28. The van der Waals surface area contributed by atoms with Crippen molar-refractivity contribution < 1.29 is 4.74 Å². The molecule has 0 heterocycles. The summed E-state index contributed by atoms with van der Waals surface area (Å²) in [5.41, 5.74) is 1.29. The van der Waals surface area contributed by atoms with Gasteiger partial charge in [-0.1, -0.05) is 36.9 Å². The van der Waals surface area contributed by atoms with Gasteiger partial charge in [0.1, 0.15) is 0 Å². The van der Waals surface area contributed by atoms with Crippen LogP contribution in [-0.4, -0.2) is 13.2 Å². The Morgan fingerprint density at radius 1 is 1.31 bits per heavy atom. The topological polar surface area (TPSA) is 21.3 Å². The van der Waals surface area contributed by atoms with E-state index in [1.54, 1.807) is 0 Å². The molecule has 0 fully saturated rings. The highest BCUT2D eigenvalue weighted by molar-refractivity contribution is 5.14. The average Bonchev–Trinajstić information content (AvgIpc) is 2.19. The quantitative estimate of drug-likeness (QED) is 0.529. The third-order valence-electron chi connectivity index (χ3n) is 1.69. The summed E-state index contributed by atoms with van der Waals surface area (Å²) in [5.74, 6) is 0. The third-order valence-corrected chi connectivity index (χ3v) is 1.69. The lowest BCUT2D eigenvalue weighted by Crippen LogP contribution is -2.18. The molecule has 0 spiro atoms. The number of hydrogen-bond donors (Lipinski definition) is 1. The number of rotatable bonds is 6. The minimum atomic E-state index is 0.677. The van der Waals surface area contributed by atoms with Crippen molar-refractivity contribution in [3.8, 4) is 0 Å². The van der Waals surface area contributed by atoms with E-state index in [1.165, 1.54) is 11.8 Å². The fraction of sp³-hybridized carbons (Fsp3) is 0.273. The summed E-state index contributed by atoms with van der Waals surface area (Å²) in [6, 6.07) is 10.3. The zero-order valence-corrected chi connectivity index (χ0v) is 7.70. The molecule has 1 rings (SSSR count). The molecule has 1 aromatic carbocycles. The Morgan fingerprint density at radius 3 is 2.77 bits per heavy atom. The largest absolute Gasteiger partial charge is 0.500 e. The van der Waals surface area contributed by atoms with E-state index in [9.17, 15) is 0 Å². The van der Waals surface area contributed by atoms with Gasteiger partial charge in [-0.05, 0) is 5.56 Å². The van der Waals surface area contributed by atoms with Gasteiger partial charge in [0.15, 0.2) is 0 Å². The maximum atomic E-state index is 4.97. The fourth-order valence-corrected chi connectivity index (χ4v) is 1.04. The molecule has 0 saturated heterocycles. The van der Waals surface area contributed by atoms with Crippen molar-refractivity contribution in [1.82, 2.24) is 5.32 Å². The highest BCUT2D eigenvalue weighted by Crippen LogP contribution is 1.96. The van der Waals surface area contributed by atoms with Crippen LogP contribution in [0.2, 0.25) is 0 Å². The van der Waals surface area contributed by atoms with Crippen LogP contribution in [0.4, 0.5) is 0 Å². The lowest BCUT2D eigenvalue weighted by atomic mass is 10.2. The van der Waals surface area contributed by atoms with E-state index in [0.717, 1.165) is 13.1 Å². The van der Waals surface area contributed by atoms with Crippen LogP contribution in [-0.2, 0) is 11.3 Å². The molecule has 2 heteroatoms. The first-order valence-corrected chi connectivity index (χ1v) is 4.40. The van der Waals surface area contributed by atoms with Crippen LogP contribution >= 0.6 is 0 Å². The Kier molecular flexibility index (Phi) is 4.72. The zero-order chi connectivity index (χ0) is 9.36. The van der Waals surface area contributed by atoms with Crippen LogP contribution in [0.1, 0.15) is 5.56 Å². The second kappa shape index (κ2) is 6.26. The maximum absolute atomic E-state index is 4.97. The van der Waals surface area contributed by atoms with Crippen LogP contribution in [0.15, 0.2) is 43.2 Å². The molecule has 0 bridgehead atoms. The van der Waals surface area contributed by atoms with Crippen molar-refractivity contribution in [3.05, 3.63) is 48.7 Å². The summed E-state index contributed by atoms with van der Waals surface area (Å²) in [6.07, 6.45) is 1.46. The first-order valence-electron chi connectivity index (χ1n) is 4.40. The summed E-state index contributed by atoms with van der Waals surface area (Å²) < 4.78 is 4.97. The normalized spacial score (nSPS) is 9.54. The number of ether oxygens (including phenoxy) is 1. The predicted octanol–water partition coefficient (Wildman–Crippen LogP) is 1.94. The van der Waals surface area contributed by atoms with E-state index in [4.69, 9.17) is 4.74 Å². The van der Waals surface area contributed by atoms with Crippen LogP contribution in [0.5, 0.6) is 0 Å². The Balaban J connectivity index is 2.10. The molecule has 0 aliphatic carbocycles. The summed E-state index contributed by atoms with van der Waals surface area (Å²) in [5, 5.41) is 3.26. The van der Waals surface area contributed by atoms with Gasteiger partial charge in [-0.2, -0.15) is 0 Å². The Bertz CT molecular complexity index is 233. The zero-order valence-electron chi connectivity index (χ0n) is 7.70. The van der Waals surface area contributed by atoms with E-state index >= 15 is 0 Å². The fourth-order valence-electron chi connectivity index (χ4n) is 1.04. The molecule has 0 radical (unpaired) electrons. The lowest BCUT2D eigenvalue weighted by Gasteiger charge is -2.03. The van der Waals surface area contributed by atoms with Gasteiger partial charge in [-0.15, -0.1) is 0 Å². The molecule has 0 unspecified atom stereocenters. The first kappa shape index (κ1) is 9.81. The smallest absolute Gasteiger partial charge is 0.0997 e. The summed E-state index contributed by atoms with van der Waals surface area (Å²) in [4.78, 5) is 0. The Morgan fingerprint density at radius 2 is 2.08 bits per heavy atom. The van der Waals surface area contributed by atoms with Crippen molar-refractivity contribution in [2.45, 2.75) is 6.54 Å². The molecule has 0 atom stereocenters. The monoisotopic (exact) mass is 177 g/mol. The second-order valence-electron chi connectivity index (χ2n) is 2.70. The molecule has 0 aliphatic heterocycles. The van der Waals surface area contributed by atoms with Gasteiger partial charge in [0, 0.05) is 13.1 Å². The summed E-state index contributed by atoms with van der Waals surface area (Å²) >= 11 is 0. The van der Waals surface area contributed by atoms with Crippen LogP contribution in [0.3, 0.4) is 0 Å². The molecule has 1 aromatic rings. The van der Waals surface area contributed by atoms with Gasteiger partial charge in [-0.25, -0.2) is 0 Å². The number of hydrogen-bond acceptors (Lipinski definition) is 2. The van der Waals surface area contributed by atoms with E-state index in [0.29, 0.717) is 6.61 Å². The minimum absolute atomic E-state index is 0.677. The Labute approximate surface area is 79.2 Å². The third kappa shape index (κ3) is 4.33. The van der Waals surface area contributed by atoms with Crippen molar-refractivity contribution in [2.75, 3.05) is 13.2 Å². The van der Waals surface area contributed by atoms with Crippen molar-refractivity contribution in [3.63, 3.8) is 0 Å². The molecule has 0 amide bonds. The molecule has 0 aliphatic rings. The molecule has 0 saturated carbocycles. The van der Waals surface area contributed by atoms with Crippen molar-refractivity contribution >= 4 is 0 Å². The van der Waals surface area contributed by atoms with Gasteiger partial charge < -0.3 is 10.1 Å². The van der Waals surface area contributed by atoms with Gasteiger partial charge in [0.25, 0.3) is 0 Å². The van der Waals surface area contributed by atoms with E-state index < -0.39 is 0 Å². The van der Waals surface area contributed by atoms with Crippen LogP contribution in [0.25, 0.3) is 0 Å². The van der Waals surface area contributed by atoms with Crippen LogP contribution in [0, 0.1) is 0 Å². The van der Waals surface area contributed by atoms with E-state index in [2.05, 4.69) is 24.0 Å². The van der Waals surface area contributed by atoms with Crippen molar-refractivity contribution in [1.29, 1.82) is 0 Å². The highest BCUT2D eigenvalue weighted by atomic mass is 16.5. The molecule has 2 nitrogen and oxygen atoms in total. The number of benzene rings is 1. The molecule has 13 heavy (non-hydrogen) atoms. The summed E-state index contributed by atoms with van der Waals surface area (Å²) in [7, 11) is 0. The average molecular weight is 177 g/mol. The van der Waals surface area contributed by atoms with Gasteiger partial charge in [0.2, 0.25) is 0 Å². The summed E-state index contributed by atoms with van der Waals surface area (Å²) in [6.45, 7) is 5.88. The SMILES string of the molecule is C=COCCNCc1ccccc1. The highest BCUT2D eigenvalue weighted by Gasteiger charge is 1.89. The van der Waals surface area contributed by atoms with Crippen molar-refractivity contribution in [2.24, 2.45) is 0 Å². The van der Waals surface area contributed by atoms with Gasteiger partial charge in [0.05, 0.1) is 12.9 Å². The second-order valence-corrected chi connectivity index (χ2v) is 2.70. The molecular formula is C11H15NO. The predicted molar refractivity (Wildman–Crippen MR) is 54.3 cm³/mol. The molecular weight excluding hydrogens is 162 g/mol. The molecule has 0 aromatic heterocycles. The van der Waals surface area contributed by atoms with Crippen LogP contribution < -0.4 is 5.32 Å². The standard InChI is InChI=1S/C11H15NO/c1-2-13-9-8-12-10-11-6-4-3-5-7-11/h2-7,12H,1,8-10H2. The van der Waals surface area contributed by atoms with Gasteiger partial charge in [-0.3, -0.25) is 0 Å². The van der Waals surface area contributed by atoms with Gasteiger partial charge >= 0.3 is 0 Å². The minimum Gasteiger partial charge on any atom is -0.500 e. The maximum Gasteiger partial charge on any atom is 0.0997 e.